The Morgan fingerprint density at radius 2 is 1.92 bits per heavy atom. The quantitative estimate of drug-likeness (QED) is 0.709. The lowest BCUT2D eigenvalue weighted by atomic mass is 10.2. The zero-order valence-electron chi connectivity index (χ0n) is 13.8. The van der Waals surface area contributed by atoms with Crippen LogP contribution in [0.3, 0.4) is 0 Å². The Morgan fingerprint density at radius 1 is 1.16 bits per heavy atom. The van der Waals surface area contributed by atoms with Crippen LogP contribution in [0.5, 0.6) is 0 Å². The molecule has 0 radical (unpaired) electrons. The summed E-state index contributed by atoms with van der Waals surface area (Å²) in [6.45, 7) is 1.56. The summed E-state index contributed by atoms with van der Waals surface area (Å²) in [6.07, 6.45) is 2.15. The van der Waals surface area contributed by atoms with Gasteiger partial charge in [-0.1, -0.05) is 12.1 Å². The van der Waals surface area contributed by atoms with Gasteiger partial charge in [-0.05, 0) is 25.0 Å². The maximum Gasteiger partial charge on any atom is 0.273 e. The highest BCUT2D eigenvalue weighted by molar-refractivity contribution is 5.81. The number of fused-ring (bicyclic) bond motifs is 1. The molecule has 2 heterocycles. The van der Waals surface area contributed by atoms with Crippen molar-refractivity contribution in [2.45, 2.75) is 25.8 Å². The number of rotatable bonds is 6. The summed E-state index contributed by atoms with van der Waals surface area (Å²) in [4.78, 5) is 49.6. The van der Waals surface area contributed by atoms with E-state index in [1.807, 2.05) is 0 Å². The first-order valence-electron chi connectivity index (χ1n) is 8.32. The number of hydrogen-bond donors (Lipinski definition) is 2. The number of likely N-dealkylation sites (tertiary alicyclic amines) is 1. The lowest BCUT2D eigenvalue weighted by Gasteiger charge is -2.15. The van der Waals surface area contributed by atoms with Gasteiger partial charge >= 0.3 is 0 Å². The third kappa shape index (κ3) is 3.78. The van der Waals surface area contributed by atoms with Crippen molar-refractivity contribution in [3.63, 3.8) is 0 Å². The van der Waals surface area contributed by atoms with Gasteiger partial charge in [0.05, 0.1) is 10.8 Å². The molecule has 3 rings (SSSR count). The van der Waals surface area contributed by atoms with E-state index in [2.05, 4.69) is 10.4 Å². The van der Waals surface area contributed by atoms with Gasteiger partial charge in [0.25, 0.3) is 11.1 Å². The number of carbonyl (C=O) groups is 2. The molecule has 132 valence electrons. The van der Waals surface area contributed by atoms with Crippen molar-refractivity contribution in [1.29, 1.82) is 0 Å². The lowest BCUT2D eigenvalue weighted by Crippen LogP contribution is -2.37. The molecular formula is C17H20N4O4. The molecule has 25 heavy (non-hydrogen) atoms. The SMILES string of the molecule is O=C(Cn1[nH]c(=O)c2ccccc2c1=O)NCCCN1CCCC1=O. The van der Waals surface area contributed by atoms with Crippen molar-refractivity contribution in [3.05, 3.63) is 45.0 Å². The van der Waals surface area contributed by atoms with Crippen LogP contribution in [0.15, 0.2) is 33.9 Å². The second kappa shape index (κ2) is 7.33. The average molecular weight is 344 g/mol. The van der Waals surface area contributed by atoms with E-state index in [0.717, 1.165) is 17.6 Å². The first-order chi connectivity index (χ1) is 12.1. The Labute approximate surface area is 143 Å². The molecule has 0 unspecified atom stereocenters. The van der Waals surface area contributed by atoms with E-state index in [4.69, 9.17) is 0 Å². The minimum absolute atomic E-state index is 0.159. The topological polar surface area (TPSA) is 104 Å². The summed E-state index contributed by atoms with van der Waals surface area (Å²) in [5.74, 6) is -0.201. The van der Waals surface area contributed by atoms with Crippen molar-refractivity contribution in [3.8, 4) is 0 Å². The number of aromatic amines is 1. The predicted octanol–water partition coefficient (Wildman–Crippen LogP) is -0.182. The predicted molar refractivity (Wildman–Crippen MR) is 92.3 cm³/mol. The maximum atomic E-state index is 12.3. The number of nitrogens with zero attached hydrogens (tertiary/aromatic N) is 2. The van der Waals surface area contributed by atoms with E-state index in [9.17, 15) is 19.2 Å². The molecule has 2 amide bonds. The highest BCUT2D eigenvalue weighted by Crippen LogP contribution is 2.09. The molecule has 2 aromatic rings. The van der Waals surface area contributed by atoms with E-state index >= 15 is 0 Å². The fourth-order valence-corrected chi connectivity index (χ4v) is 3.00. The molecular weight excluding hydrogens is 324 g/mol. The number of hydrogen-bond acceptors (Lipinski definition) is 4. The molecule has 0 saturated carbocycles. The van der Waals surface area contributed by atoms with E-state index in [1.54, 1.807) is 29.2 Å². The Kier molecular flexibility index (Phi) is 4.97. The van der Waals surface area contributed by atoms with Crippen molar-refractivity contribution in [2.75, 3.05) is 19.6 Å². The Morgan fingerprint density at radius 3 is 2.64 bits per heavy atom. The largest absolute Gasteiger partial charge is 0.354 e. The van der Waals surface area contributed by atoms with Gasteiger partial charge in [0.1, 0.15) is 6.54 Å². The Bertz CT molecular complexity index is 915. The molecule has 1 fully saturated rings. The van der Waals surface area contributed by atoms with Crippen LogP contribution < -0.4 is 16.4 Å². The van der Waals surface area contributed by atoms with Gasteiger partial charge in [-0.3, -0.25) is 24.3 Å². The van der Waals surface area contributed by atoms with Gasteiger partial charge in [-0.25, -0.2) is 4.68 Å². The van der Waals surface area contributed by atoms with Gasteiger partial charge in [-0.15, -0.1) is 0 Å². The zero-order chi connectivity index (χ0) is 17.8. The molecule has 1 aliphatic heterocycles. The van der Waals surface area contributed by atoms with Crippen LogP contribution in [0.1, 0.15) is 19.3 Å². The third-order valence-electron chi connectivity index (χ3n) is 4.28. The van der Waals surface area contributed by atoms with Gasteiger partial charge in [0, 0.05) is 26.1 Å². The molecule has 1 aromatic carbocycles. The minimum Gasteiger partial charge on any atom is -0.354 e. The van der Waals surface area contributed by atoms with Gasteiger partial charge < -0.3 is 10.2 Å². The highest BCUT2D eigenvalue weighted by Gasteiger charge is 2.19. The van der Waals surface area contributed by atoms with Gasteiger partial charge in [-0.2, -0.15) is 0 Å². The average Bonchev–Trinajstić information content (AvgIpc) is 3.01. The molecule has 0 aliphatic carbocycles. The number of nitrogens with one attached hydrogen (secondary N) is 2. The van der Waals surface area contributed by atoms with Crippen LogP contribution in [0, 0.1) is 0 Å². The fraction of sp³-hybridized carbons (Fsp3) is 0.412. The summed E-state index contributed by atoms with van der Waals surface area (Å²) in [6, 6.07) is 6.49. The zero-order valence-corrected chi connectivity index (χ0v) is 13.8. The molecule has 2 N–H and O–H groups in total. The molecule has 1 aromatic heterocycles. The van der Waals surface area contributed by atoms with Crippen LogP contribution in [0.2, 0.25) is 0 Å². The summed E-state index contributed by atoms with van der Waals surface area (Å²) < 4.78 is 1.02. The third-order valence-corrected chi connectivity index (χ3v) is 4.28. The minimum atomic E-state index is -0.409. The monoisotopic (exact) mass is 344 g/mol. The van der Waals surface area contributed by atoms with E-state index < -0.39 is 11.1 Å². The second-order valence-corrected chi connectivity index (χ2v) is 6.07. The molecule has 8 heteroatoms. The fourth-order valence-electron chi connectivity index (χ4n) is 3.00. The lowest BCUT2D eigenvalue weighted by molar-refractivity contribution is -0.127. The molecule has 8 nitrogen and oxygen atoms in total. The van der Waals surface area contributed by atoms with E-state index in [-0.39, 0.29) is 23.7 Å². The summed E-state index contributed by atoms with van der Waals surface area (Å²) in [5, 5.41) is 5.72. The second-order valence-electron chi connectivity index (χ2n) is 6.07. The summed E-state index contributed by atoms with van der Waals surface area (Å²) >= 11 is 0. The van der Waals surface area contributed by atoms with Crippen LogP contribution in [0.4, 0.5) is 0 Å². The van der Waals surface area contributed by atoms with Crippen molar-refractivity contribution in [1.82, 2.24) is 20.0 Å². The molecule has 0 atom stereocenters. The number of amides is 2. The van der Waals surface area contributed by atoms with Crippen LogP contribution >= 0.6 is 0 Å². The molecule has 1 saturated heterocycles. The number of aromatic nitrogens is 2. The van der Waals surface area contributed by atoms with Crippen LogP contribution in [0.25, 0.3) is 10.8 Å². The van der Waals surface area contributed by atoms with Crippen molar-refractivity contribution >= 4 is 22.6 Å². The van der Waals surface area contributed by atoms with Gasteiger partial charge in [0.2, 0.25) is 11.8 Å². The van der Waals surface area contributed by atoms with Gasteiger partial charge in [0.15, 0.2) is 0 Å². The molecule has 1 aliphatic rings. The first kappa shape index (κ1) is 16.9. The summed E-state index contributed by atoms with van der Waals surface area (Å²) in [7, 11) is 0. The number of carbonyl (C=O) groups excluding carboxylic acids is 2. The Balaban J connectivity index is 1.57. The maximum absolute atomic E-state index is 12.3. The van der Waals surface area contributed by atoms with Crippen LogP contribution in [-0.2, 0) is 16.1 Å². The van der Waals surface area contributed by atoms with E-state index in [0.29, 0.717) is 31.3 Å². The van der Waals surface area contributed by atoms with Crippen molar-refractivity contribution < 1.29 is 9.59 Å². The normalized spacial score (nSPS) is 14.2. The standard InChI is InChI=1S/C17H20N4O4/c22-14(18-8-4-10-20-9-3-7-15(20)23)11-21-17(25)13-6-2-1-5-12(13)16(24)19-21/h1-2,5-6H,3-4,7-11H2,(H,18,22)(H,19,24). The smallest absolute Gasteiger partial charge is 0.273 e. The van der Waals surface area contributed by atoms with Crippen molar-refractivity contribution in [2.24, 2.45) is 0 Å². The highest BCUT2D eigenvalue weighted by atomic mass is 16.2. The summed E-state index contributed by atoms with van der Waals surface area (Å²) in [5.41, 5.74) is -0.816. The molecule has 0 bridgehead atoms. The number of benzene rings is 1. The first-order valence-corrected chi connectivity index (χ1v) is 8.32. The number of H-pyrrole nitrogens is 1. The van der Waals surface area contributed by atoms with Crippen LogP contribution in [-0.4, -0.2) is 46.1 Å². The van der Waals surface area contributed by atoms with E-state index in [1.165, 1.54) is 0 Å². The molecule has 0 spiro atoms. The Hall–Kier alpha value is -2.90.